The average Bonchev–Trinajstić information content (AvgIpc) is 2.81. The molecular formula is C17H20FNO3. The SMILES string of the molecule is COc1cc2c(cc1OC)C(=O)/C(=C/C1(F)CCNCC1)C2. The molecule has 0 bridgehead atoms. The third-order valence-corrected chi connectivity index (χ3v) is 4.39. The Labute approximate surface area is 129 Å². The van der Waals surface area contributed by atoms with E-state index in [1.54, 1.807) is 19.2 Å². The van der Waals surface area contributed by atoms with E-state index in [9.17, 15) is 9.18 Å². The summed E-state index contributed by atoms with van der Waals surface area (Å²) in [5.74, 6) is 1.01. The number of nitrogens with one attached hydrogen (secondary N) is 1. The fourth-order valence-corrected chi connectivity index (χ4v) is 3.15. The van der Waals surface area contributed by atoms with Gasteiger partial charge in [0.1, 0.15) is 5.67 Å². The minimum Gasteiger partial charge on any atom is -0.493 e. The van der Waals surface area contributed by atoms with Crippen LogP contribution in [0.3, 0.4) is 0 Å². The second kappa shape index (κ2) is 5.72. The van der Waals surface area contributed by atoms with Crippen molar-refractivity contribution in [3.05, 3.63) is 34.9 Å². The number of fused-ring (bicyclic) bond motifs is 1. The van der Waals surface area contributed by atoms with Gasteiger partial charge in [-0.15, -0.1) is 0 Å². The zero-order chi connectivity index (χ0) is 15.7. The minimum atomic E-state index is -1.38. The van der Waals surface area contributed by atoms with Crippen molar-refractivity contribution < 1.29 is 18.7 Å². The molecule has 0 unspecified atom stereocenters. The Morgan fingerprint density at radius 1 is 1.18 bits per heavy atom. The fourth-order valence-electron chi connectivity index (χ4n) is 3.15. The topological polar surface area (TPSA) is 47.6 Å². The Hall–Kier alpha value is -1.88. The third-order valence-electron chi connectivity index (χ3n) is 4.39. The van der Waals surface area contributed by atoms with Gasteiger partial charge in [-0.3, -0.25) is 4.79 Å². The highest BCUT2D eigenvalue weighted by atomic mass is 19.1. The van der Waals surface area contributed by atoms with Gasteiger partial charge in [-0.05, 0) is 49.7 Å². The predicted octanol–water partition coefficient (Wildman–Crippen LogP) is 2.46. The minimum absolute atomic E-state index is 0.105. The highest BCUT2D eigenvalue weighted by molar-refractivity contribution is 6.13. The second-order valence-electron chi connectivity index (χ2n) is 5.82. The standard InChI is InChI=1S/C17H20FNO3/c1-21-14-8-11-7-12(10-17(18)3-5-19-6-4-17)16(20)13(11)9-15(14)22-2/h8-10,19H,3-7H2,1-2H3/b12-10+. The van der Waals surface area contributed by atoms with Crippen molar-refractivity contribution in [1.82, 2.24) is 5.32 Å². The molecular weight excluding hydrogens is 285 g/mol. The van der Waals surface area contributed by atoms with E-state index in [4.69, 9.17) is 9.47 Å². The fraction of sp³-hybridized carbons (Fsp3) is 0.471. The monoisotopic (exact) mass is 305 g/mol. The van der Waals surface area contributed by atoms with Gasteiger partial charge in [0.05, 0.1) is 14.2 Å². The first-order valence-electron chi connectivity index (χ1n) is 7.47. The first-order chi connectivity index (χ1) is 10.6. The van der Waals surface area contributed by atoms with Gasteiger partial charge in [-0.2, -0.15) is 0 Å². The Morgan fingerprint density at radius 3 is 2.45 bits per heavy atom. The van der Waals surface area contributed by atoms with Crippen molar-refractivity contribution in [2.45, 2.75) is 24.9 Å². The smallest absolute Gasteiger partial charge is 0.189 e. The Bertz CT molecular complexity index is 633. The van der Waals surface area contributed by atoms with Crippen molar-refractivity contribution in [3.8, 4) is 11.5 Å². The van der Waals surface area contributed by atoms with Gasteiger partial charge in [-0.25, -0.2) is 4.39 Å². The molecule has 1 aromatic carbocycles. The van der Waals surface area contributed by atoms with Crippen LogP contribution in [0.2, 0.25) is 0 Å². The van der Waals surface area contributed by atoms with Crippen LogP contribution in [0.15, 0.2) is 23.8 Å². The van der Waals surface area contributed by atoms with Crippen molar-refractivity contribution >= 4 is 5.78 Å². The largest absolute Gasteiger partial charge is 0.493 e. The summed E-state index contributed by atoms with van der Waals surface area (Å²) in [6.07, 6.45) is 2.81. The van der Waals surface area contributed by atoms with E-state index < -0.39 is 5.67 Å². The van der Waals surface area contributed by atoms with Gasteiger partial charge < -0.3 is 14.8 Å². The molecule has 0 spiro atoms. The van der Waals surface area contributed by atoms with Gasteiger partial charge in [0, 0.05) is 17.6 Å². The van der Waals surface area contributed by atoms with E-state index in [0.717, 1.165) is 5.56 Å². The second-order valence-corrected chi connectivity index (χ2v) is 5.82. The van der Waals surface area contributed by atoms with Crippen LogP contribution in [0.4, 0.5) is 4.39 Å². The van der Waals surface area contributed by atoms with E-state index in [2.05, 4.69) is 5.32 Å². The van der Waals surface area contributed by atoms with Crippen molar-refractivity contribution in [2.24, 2.45) is 0 Å². The van der Waals surface area contributed by atoms with Crippen molar-refractivity contribution in [1.29, 1.82) is 0 Å². The van der Waals surface area contributed by atoms with E-state index in [-0.39, 0.29) is 5.78 Å². The summed E-state index contributed by atoms with van der Waals surface area (Å²) in [4.78, 5) is 12.5. The van der Waals surface area contributed by atoms with E-state index in [1.165, 1.54) is 13.2 Å². The maximum Gasteiger partial charge on any atom is 0.189 e. The molecule has 0 saturated carbocycles. The van der Waals surface area contributed by atoms with Gasteiger partial charge >= 0.3 is 0 Å². The normalized spacial score (nSPS) is 21.8. The van der Waals surface area contributed by atoms with Crippen molar-refractivity contribution in [3.63, 3.8) is 0 Å². The molecule has 2 aliphatic rings. The number of carbonyl (C=O) groups excluding carboxylic acids is 1. The molecule has 0 radical (unpaired) electrons. The van der Waals surface area contributed by atoms with Gasteiger partial charge in [0.2, 0.25) is 0 Å². The summed E-state index contributed by atoms with van der Waals surface area (Å²) >= 11 is 0. The number of allylic oxidation sites excluding steroid dienone is 2. The van der Waals surface area contributed by atoms with E-state index in [0.29, 0.717) is 55.0 Å². The maximum atomic E-state index is 14.8. The first-order valence-corrected chi connectivity index (χ1v) is 7.47. The number of halogens is 1. The van der Waals surface area contributed by atoms with Crippen LogP contribution in [0, 0.1) is 0 Å². The zero-order valence-electron chi connectivity index (χ0n) is 12.9. The van der Waals surface area contributed by atoms with Crippen LogP contribution in [-0.4, -0.2) is 38.8 Å². The molecule has 1 heterocycles. The Morgan fingerprint density at radius 2 is 1.82 bits per heavy atom. The number of ether oxygens (including phenoxy) is 2. The molecule has 1 aliphatic carbocycles. The molecule has 1 saturated heterocycles. The predicted molar refractivity (Wildman–Crippen MR) is 81.6 cm³/mol. The van der Waals surface area contributed by atoms with Crippen LogP contribution in [-0.2, 0) is 6.42 Å². The first kappa shape index (κ1) is 15.0. The lowest BCUT2D eigenvalue weighted by atomic mass is 9.91. The molecule has 0 atom stereocenters. The molecule has 5 heteroatoms. The van der Waals surface area contributed by atoms with Crippen LogP contribution in [0.25, 0.3) is 0 Å². The number of hydrogen-bond acceptors (Lipinski definition) is 4. The van der Waals surface area contributed by atoms with E-state index >= 15 is 0 Å². The number of ketones is 1. The summed E-state index contributed by atoms with van der Waals surface area (Å²) < 4.78 is 25.3. The zero-order valence-corrected chi connectivity index (χ0v) is 12.9. The molecule has 3 rings (SSSR count). The van der Waals surface area contributed by atoms with Crippen LogP contribution >= 0.6 is 0 Å². The van der Waals surface area contributed by atoms with Crippen LogP contribution in [0.1, 0.15) is 28.8 Å². The molecule has 22 heavy (non-hydrogen) atoms. The summed E-state index contributed by atoms with van der Waals surface area (Å²) in [7, 11) is 3.09. The highest BCUT2D eigenvalue weighted by Gasteiger charge is 2.34. The lowest BCUT2D eigenvalue weighted by Crippen LogP contribution is -2.37. The van der Waals surface area contributed by atoms with Gasteiger partial charge in [-0.1, -0.05) is 0 Å². The Kier molecular flexibility index (Phi) is 3.91. The summed E-state index contributed by atoms with van der Waals surface area (Å²) in [5, 5.41) is 3.14. The number of Topliss-reactive ketones (excluding diaryl/α,β-unsaturated/α-hetero) is 1. The summed E-state index contributed by atoms with van der Waals surface area (Å²) in [6.45, 7) is 1.28. The number of alkyl halides is 1. The number of carbonyl (C=O) groups is 1. The third kappa shape index (κ3) is 2.61. The van der Waals surface area contributed by atoms with Crippen LogP contribution < -0.4 is 14.8 Å². The number of methoxy groups -OCH3 is 2. The molecule has 1 aliphatic heterocycles. The van der Waals surface area contributed by atoms with Crippen LogP contribution in [0.5, 0.6) is 11.5 Å². The molecule has 0 amide bonds. The van der Waals surface area contributed by atoms with Gasteiger partial charge in [0.15, 0.2) is 17.3 Å². The molecule has 4 nitrogen and oxygen atoms in total. The molecule has 1 fully saturated rings. The quantitative estimate of drug-likeness (QED) is 0.872. The number of benzene rings is 1. The number of rotatable bonds is 3. The lowest BCUT2D eigenvalue weighted by molar-refractivity contribution is 0.103. The van der Waals surface area contributed by atoms with E-state index in [1.807, 2.05) is 0 Å². The molecule has 1 aromatic rings. The number of hydrogen-bond donors (Lipinski definition) is 1. The van der Waals surface area contributed by atoms with Crippen molar-refractivity contribution in [2.75, 3.05) is 27.3 Å². The summed E-state index contributed by atoms with van der Waals surface area (Å²) in [6, 6.07) is 3.49. The highest BCUT2D eigenvalue weighted by Crippen LogP contribution is 2.38. The maximum absolute atomic E-state index is 14.8. The van der Waals surface area contributed by atoms with Gasteiger partial charge in [0.25, 0.3) is 0 Å². The number of piperidine rings is 1. The molecule has 118 valence electrons. The Balaban J connectivity index is 1.93. The average molecular weight is 305 g/mol. The molecule has 0 aromatic heterocycles. The summed E-state index contributed by atoms with van der Waals surface area (Å²) in [5.41, 5.74) is 0.606. The lowest BCUT2D eigenvalue weighted by Gasteiger charge is -2.27. The molecule has 1 N–H and O–H groups in total.